The monoisotopic (exact) mass is 158 g/mol. The fourth-order valence-corrected chi connectivity index (χ4v) is 1.85. The minimum atomic E-state index is 1.15. The van der Waals surface area contributed by atoms with E-state index in [0.717, 1.165) is 6.42 Å². The van der Waals surface area contributed by atoms with Crippen molar-refractivity contribution in [2.45, 2.75) is 26.2 Å². The highest BCUT2D eigenvalue weighted by molar-refractivity contribution is 5.60. The summed E-state index contributed by atoms with van der Waals surface area (Å²) in [5.41, 5.74) is 4.49. The molecule has 12 heavy (non-hydrogen) atoms. The van der Waals surface area contributed by atoms with E-state index >= 15 is 0 Å². The number of hydrogen-bond acceptors (Lipinski definition) is 0. The average molecular weight is 158 g/mol. The van der Waals surface area contributed by atoms with Gasteiger partial charge >= 0.3 is 0 Å². The third-order valence-corrected chi connectivity index (χ3v) is 2.53. The Kier molecular flexibility index (Phi) is 1.99. The molecule has 0 bridgehead atoms. The van der Waals surface area contributed by atoms with Gasteiger partial charge in [0.1, 0.15) is 0 Å². The minimum absolute atomic E-state index is 1.15. The van der Waals surface area contributed by atoms with Crippen molar-refractivity contribution >= 4 is 6.08 Å². The van der Waals surface area contributed by atoms with Gasteiger partial charge in [-0.2, -0.15) is 0 Å². The molecule has 0 nitrogen and oxygen atoms in total. The van der Waals surface area contributed by atoms with E-state index in [0.29, 0.717) is 0 Å². The first kappa shape index (κ1) is 7.60. The molecule has 0 heteroatoms. The maximum Gasteiger partial charge on any atom is -0.0196 e. The molecule has 1 aliphatic carbocycles. The van der Waals surface area contributed by atoms with Crippen molar-refractivity contribution in [2.24, 2.45) is 0 Å². The van der Waals surface area contributed by atoms with Crippen molar-refractivity contribution < 1.29 is 0 Å². The van der Waals surface area contributed by atoms with Gasteiger partial charge < -0.3 is 0 Å². The van der Waals surface area contributed by atoms with Crippen molar-refractivity contribution in [3.05, 3.63) is 41.0 Å². The van der Waals surface area contributed by atoms with Crippen LogP contribution in [0.5, 0.6) is 0 Å². The van der Waals surface area contributed by atoms with Crippen LogP contribution in [0.25, 0.3) is 6.08 Å². The number of benzene rings is 1. The molecular weight excluding hydrogens is 144 g/mol. The number of hydrogen-bond donors (Lipinski definition) is 0. The van der Waals surface area contributed by atoms with Crippen LogP contribution < -0.4 is 0 Å². The van der Waals surface area contributed by atoms with E-state index in [1.807, 2.05) is 0 Å². The van der Waals surface area contributed by atoms with Crippen molar-refractivity contribution in [3.63, 3.8) is 0 Å². The lowest BCUT2D eigenvalue weighted by Crippen LogP contribution is -1.97. The fourth-order valence-electron chi connectivity index (χ4n) is 1.85. The summed E-state index contributed by atoms with van der Waals surface area (Å²) < 4.78 is 0. The molecular formula is C12H14. The highest BCUT2D eigenvalue weighted by Gasteiger charge is 2.06. The molecule has 1 aliphatic rings. The summed E-state index contributed by atoms with van der Waals surface area (Å²) in [7, 11) is 0. The number of aryl methyl sites for hydroxylation is 2. The normalized spacial score (nSPS) is 14.4. The summed E-state index contributed by atoms with van der Waals surface area (Å²) in [6.07, 6.45) is 8.13. The van der Waals surface area contributed by atoms with E-state index in [9.17, 15) is 0 Å². The van der Waals surface area contributed by atoms with Crippen LogP contribution in [0.1, 0.15) is 30.0 Å². The van der Waals surface area contributed by atoms with Gasteiger partial charge in [0, 0.05) is 0 Å². The second-order valence-corrected chi connectivity index (χ2v) is 3.28. The van der Waals surface area contributed by atoms with E-state index in [1.54, 1.807) is 0 Å². The predicted molar refractivity (Wildman–Crippen MR) is 53.2 cm³/mol. The lowest BCUT2D eigenvalue weighted by molar-refractivity contribution is 0.971. The average Bonchev–Trinajstić information content (AvgIpc) is 2.17. The molecule has 0 aromatic heterocycles. The standard InChI is InChI=1S/C12H14/c1-2-10-7-5-8-11-6-3-4-9-12(10)11/h4-5,7-9H,2-3,6H2,1H3. The van der Waals surface area contributed by atoms with E-state index in [4.69, 9.17) is 0 Å². The molecule has 0 spiro atoms. The van der Waals surface area contributed by atoms with Gasteiger partial charge in [0.2, 0.25) is 0 Å². The second kappa shape index (κ2) is 3.14. The Morgan fingerprint density at radius 2 is 2.25 bits per heavy atom. The summed E-state index contributed by atoms with van der Waals surface area (Å²) in [6.45, 7) is 2.22. The first-order valence-electron chi connectivity index (χ1n) is 4.69. The number of allylic oxidation sites excluding steroid dienone is 1. The molecule has 0 amide bonds. The molecule has 0 heterocycles. The van der Waals surface area contributed by atoms with Crippen LogP contribution in [-0.2, 0) is 12.8 Å². The number of rotatable bonds is 1. The van der Waals surface area contributed by atoms with Crippen LogP contribution >= 0.6 is 0 Å². The van der Waals surface area contributed by atoms with Crippen LogP contribution in [0.2, 0.25) is 0 Å². The first-order chi connectivity index (χ1) is 5.92. The Morgan fingerprint density at radius 3 is 3.08 bits per heavy atom. The molecule has 0 unspecified atom stereocenters. The van der Waals surface area contributed by atoms with Gasteiger partial charge in [0.15, 0.2) is 0 Å². The molecule has 0 radical (unpaired) electrons. The molecule has 1 aromatic carbocycles. The van der Waals surface area contributed by atoms with Crippen LogP contribution in [0.15, 0.2) is 24.3 Å². The van der Waals surface area contributed by atoms with Crippen LogP contribution in [0, 0.1) is 0 Å². The summed E-state index contributed by atoms with van der Waals surface area (Å²) >= 11 is 0. The minimum Gasteiger partial charge on any atom is -0.0836 e. The topological polar surface area (TPSA) is 0 Å². The number of fused-ring (bicyclic) bond motifs is 1. The van der Waals surface area contributed by atoms with E-state index in [-0.39, 0.29) is 0 Å². The first-order valence-corrected chi connectivity index (χ1v) is 4.69. The van der Waals surface area contributed by atoms with E-state index in [1.165, 1.54) is 29.5 Å². The second-order valence-electron chi connectivity index (χ2n) is 3.28. The highest BCUT2D eigenvalue weighted by atomic mass is 14.1. The van der Waals surface area contributed by atoms with Crippen LogP contribution in [-0.4, -0.2) is 0 Å². The Balaban J connectivity index is 2.54. The Bertz CT molecular complexity index is 308. The van der Waals surface area contributed by atoms with Gasteiger partial charge in [0.05, 0.1) is 0 Å². The maximum atomic E-state index is 2.28. The molecule has 0 aliphatic heterocycles. The van der Waals surface area contributed by atoms with Gasteiger partial charge in [-0.1, -0.05) is 37.3 Å². The zero-order valence-corrected chi connectivity index (χ0v) is 7.51. The van der Waals surface area contributed by atoms with Crippen molar-refractivity contribution in [3.8, 4) is 0 Å². The lowest BCUT2D eigenvalue weighted by atomic mass is 9.92. The molecule has 62 valence electrons. The summed E-state index contributed by atoms with van der Waals surface area (Å²) in [4.78, 5) is 0. The van der Waals surface area contributed by atoms with Gasteiger partial charge in [-0.25, -0.2) is 0 Å². The summed E-state index contributed by atoms with van der Waals surface area (Å²) in [5.74, 6) is 0. The molecule has 0 atom stereocenters. The Morgan fingerprint density at radius 1 is 1.33 bits per heavy atom. The Hall–Kier alpha value is -1.04. The zero-order valence-electron chi connectivity index (χ0n) is 7.51. The van der Waals surface area contributed by atoms with Gasteiger partial charge in [-0.15, -0.1) is 0 Å². The van der Waals surface area contributed by atoms with Crippen molar-refractivity contribution in [1.82, 2.24) is 0 Å². The molecule has 0 N–H and O–H groups in total. The lowest BCUT2D eigenvalue weighted by Gasteiger charge is -2.13. The van der Waals surface area contributed by atoms with Gasteiger partial charge in [-0.05, 0) is 36.0 Å². The predicted octanol–water partition coefficient (Wildman–Crippen LogP) is 3.21. The molecule has 2 rings (SSSR count). The summed E-state index contributed by atoms with van der Waals surface area (Å²) in [5, 5.41) is 0. The molecule has 1 aromatic rings. The molecule has 0 fully saturated rings. The largest absolute Gasteiger partial charge is 0.0836 e. The van der Waals surface area contributed by atoms with E-state index < -0.39 is 0 Å². The Labute approximate surface area is 73.9 Å². The fraction of sp³-hybridized carbons (Fsp3) is 0.333. The molecule has 0 saturated heterocycles. The van der Waals surface area contributed by atoms with Crippen molar-refractivity contribution in [2.75, 3.05) is 0 Å². The smallest absolute Gasteiger partial charge is 0.0196 e. The highest BCUT2D eigenvalue weighted by Crippen LogP contribution is 2.22. The maximum absolute atomic E-state index is 2.28. The van der Waals surface area contributed by atoms with Gasteiger partial charge in [-0.3, -0.25) is 0 Å². The third kappa shape index (κ3) is 1.18. The van der Waals surface area contributed by atoms with E-state index in [2.05, 4.69) is 37.3 Å². The third-order valence-electron chi connectivity index (χ3n) is 2.53. The van der Waals surface area contributed by atoms with Crippen LogP contribution in [0.4, 0.5) is 0 Å². The zero-order chi connectivity index (χ0) is 8.39. The quantitative estimate of drug-likeness (QED) is 0.588. The van der Waals surface area contributed by atoms with Crippen LogP contribution in [0.3, 0.4) is 0 Å². The molecule has 0 saturated carbocycles. The van der Waals surface area contributed by atoms with Crippen molar-refractivity contribution in [1.29, 1.82) is 0 Å². The summed E-state index contributed by atoms with van der Waals surface area (Å²) in [6, 6.07) is 6.66. The van der Waals surface area contributed by atoms with Gasteiger partial charge in [0.25, 0.3) is 0 Å². The SMILES string of the molecule is CCc1cccc2c1C=CCC2.